The van der Waals surface area contributed by atoms with Crippen molar-refractivity contribution in [3.63, 3.8) is 0 Å². The zero-order valence-electron chi connectivity index (χ0n) is 11.1. The summed E-state index contributed by atoms with van der Waals surface area (Å²) in [5.74, 6) is -0.0457. The van der Waals surface area contributed by atoms with Crippen molar-refractivity contribution in [1.82, 2.24) is 15.5 Å². The zero-order valence-corrected chi connectivity index (χ0v) is 11.1. The first-order valence-electron chi connectivity index (χ1n) is 6.34. The lowest BCUT2D eigenvalue weighted by Gasteiger charge is -2.13. The average molecular weight is 258 g/mol. The van der Waals surface area contributed by atoms with Crippen molar-refractivity contribution in [1.29, 1.82) is 0 Å². The Morgan fingerprint density at radius 3 is 2.63 bits per heavy atom. The van der Waals surface area contributed by atoms with Crippen LogP contribution in [0.4, 0.5) is 5.69 Å². The number of H-pyrrole nitrogens is 1. The molecule has 0 aliphatic rings. The molecule has 0 bridgehead atoms. The van der Waals surface area contributed by atoms with Gasteiger partial charge in [0.1, 0.15) is 0 Å². The van der Waals surface area contributed by atoms with Gasteiger partial charge < -0.3 is 10.6 Å². The van der Waals surface area contributed by atoms with E-state index >= 15 is 0 Å². The van der Waals surface area contributed by atoms with E-state index in [9.17, 15) is 4.79 Å². The van der Waals surface area contributed by atoms with Crippen molar-refractivity contribution >= 4 is 11.6 Å². The van der Waals surface area contributed by atoms with Gasteiger partial charge in [-0.05, 0) is 44.2 Å². The van der Waals surface area contributed by atoms with Crippen LogP contribution < -0.4 is 10.6 Å². The lowest BCUT2D eigenvalue weighted by Crippen LogP contribution is -2.22. The number of aromatic nitrogens is 2. The van der Waals surface area contributed by atoms with E-state index in [1.165, 1.54) is 0 Å². The van der Waals surface area contributed by atoms with Crippen LogP contribution >= 0.6 is 0 Å². The van der Waals surface area contributed by atoms with Gasteiger partial charge in [-0.3, -0.25) is 9.89 Å². The van der Waals surface area contributed by atoms with Crippen LogP contribution in [0.25, 0.3) is 0 Å². The number of carbonyl (C=O) groups excluding carboxylic acids is 1. The van der Waals surface area contributed by atoms with Crippen LogP contribution in [0.2, 0.25) is 0 Å². The van der Waals surface area contributed by atoms with Gasteiger partial charge in [-0.2, -0.15) is 5.10 Å². The third-order valence-electron chi connectivity index (χ3n) is 2.86. The molecule has 0 spiro atoms. The van der Waals surface area contributed by atoms with E-state index in [0.717, 1.165) is 11.4 Å². The van der Waals surface area contributed by atoms with Gasteiger partial charge >= 0.3 is 0 Å². The Kier molecular flexibility index (Phi) is 4.18. The number of nitrogens with zero attached hydrogens (tertiary/aromatic N) is 1. The summed E-state index contributed by atoms with van der Waals surface area (Å²) in [7, 11) is 0. The lowest BCUT2D eigenvalue weighted by atomic mass is 10.1. The Bertz CT molecular complexity index is 519. The number of rotatable bonds is 5. The number of anilines is 1. The molecule has 1 heterocycles. The van der Waals surface area contributed by atoms with Gasteiger partial charge in [0.25, 0.3) is 5.91 Å². The Morgan fingerprint density at radius 2 is 2.05 bits per heavy atom. The smallest absolute Gasteiger partial charge is 0.251 e. The average Bonchev–Trinajstić information content (AvgIpc) is 2.94. The highest BCUT2D eigenvalue weighted by Crippen LogP contribution is 2.17. The molecular formula is C14H18N4O. The van der Waals surface area contributed by atoms with Gasteiger partial charge in [0.15, 0.2) is 0 Å². The molecule has 2 aromatic rings. The number of benzene rings is 1. The molecule has 100 valence electrons. The van der Waals surface area contributed by atoms with Crippen LogP contribution in [0, 0.1) is 0 Å². The van der Waals surface area contributed by atoms with Crippen molar-refractivity contribution in [2.24, 2.45) is 0 Å². The van der Waals surface area contributed by atoms with E-state index in [1.807, 2.05) is 44.2 Å². The fourth-order valence-electron chi connectivity index (χ4n) is 1.82. The van der Waals surface area contributed by atoms with Crippen molar-refractivity contribution in [3.05, 3.63) is 47.8 Å². The van der Waals surface area contributed by atoms with Crippen LogP contribution in [0.3, 0.4) is 0 Å². The molecule has 1 amide bonds. The summed E-state index contributed by atoms with van der Waals surface area (Å²) in [6.07, 6.45) is 1.73. The molecule has 0 radical (unpaired) electrons. The number of amides is 1. The number of carbonyl (C=O) groups is 1. The van der Waals surface area contributed by atoms with Gasteiger partial charge in [-0.15, -0.1) is 0 Å². The minimum absolute atomic E-state index is 0.0457. The molecule has 2 rings (SSSR count). The van der Waals surface area contributed by atoms with Gasteiger partial charge in [-0.1, -0.05) is 0 Å². The Hall–Kier alpha value is -2.30. The van der Waals surface area contributed by atoms with Crippen LogP contribution in [0.5, 0.6) is 0 Å². The summed E-state index contributed by atoms with van der Waals surface area (Å²) >= 11 is 0. The Labute approximate surface area is 112 Å². The lowest BCUT2D eigenvalue weighted by molar-refractivity contribution is 0.0956. The fraction of sp³-hybridized carbons (Fsp3) is 0.286. The maximum absolute atomic E-state index is 11.6. The molecule has 1 unspecified atom stereocenters. The maximum Gasteiger partial charge on any atom is 0.251 e. The van der Waals surface area contributed by atoms with E-state index in [0.29, 0.717) is 12.1 Å². The predicted molar refractivity (Wildman–Crippen MR) is 75.1 cm³/mol. The molecule has 3 N–H and O–H groups in total. The van der Waals surface area contributed by atoms with Crippen LogP contribution in [-0.4, -0.2) is 22.6 Å². The highest BCUT2D eigenvalue weighted by Gasteiger charge is 2.07. The SMILES string of the molecule is CCNC(=O)c1ccc(NC(C)c2ccn[nH]2)cc1. The van der Waals surface area contributed by atoms with Crippen molar-refractivity contribution in [2.45, 2.75) is 19.9 Å². The largest absolute Gasteiger partial charge is 0.377 e. The van der Waals surface area contributed by atoms with E-state index in [4.69, 9.17) is 0 Å². The minimum atomic E-state index is -0.0457. The molecule has 0 fully saturated rings. The second-order valence-corrected chi connectivity index (χ2v) is 4.31. The van der Waals surface area contributed by atoms with E-state index < -0.39 is 0 Å². The van der Waals surface area contributed by atoms with Crippen molar-refractivity contribution in [3.8, 4) is 0 Å². The maximum atomic E-state index is 11.6. The first kappa shape index (κ1) is 13.1. The first-order chi connectivity index (χ1) is 9.20. The summed E-state index contributed by atoms with van der Waals surface area (Å²) < 4.78 is 0. The Morgan fingerprint density at radius 1 is 1.32 bits per heavy atom. The van der Waals surface area contributed by atoms with Gasteiger partial charge in [0.2, 0.25) is 0 Å². The van der Waals surface area contributed by atoms with E-state index in [-0.39, 0.29) is 11.9 Å². The highest BCUT2D eigenvalue weighted by molar-refractivity contribution is 5.94. The van der Waals surface area contributed by atoms with Crippen molar-refractivity contribution in [2.75, 3.05) is 11.9 Å². The van der Waals surface area contributed by atoms with Gasteiger partial charge in [0, 0.05) is 24.0 Å². The van der Waals surface area contributed by atoms with Gasteiger partial charge in [-0.25, -0.2) is 0 Å². The first-order valence-corrected chi connectivity index (χ1v) is 6.34. The summed E-state index contributed by atoms with van der Waals surface area (Å²) in [5.41, 5.74) is 2.66. The molecular weight excluding hydrogens is 240 g/mol. The van der Waals surface area contributed by atoms with Crippen LogP contribution in [0.15, 0.2) is 36.5 Å². The minimum Gasteiger partial charge on any atom is -0.377 e. The molecule has 0 aliphatic heterocycles. The molecule has 1 aromatic carbocycles. The topological polar surface area (TPSA) is 69.8 Å². The quantitative estimate of drug-likeness (QED) is 0.771. The predicted octanol–water partition coefficient (Wildman–Crippen LogP) is 2.33. The fourth-order valence-corrected chi connectivity index (χ4v) is 1.82. The zero-order chi connectivity index (χ0) is 13.7. The number of nitrogens with one attached hydrogen (secondary N) is 3. The van der Waals surface area contributed by atoms with E-state index in [2.05, 4.69) is 20.8 Å². The summed E-state index contributed by atoms with van der Waals surface area (Å²) in [6, 6.07) is 9.49. The van der Waals surface area contributed by atoms with Crippen molar-refractivity contribution < 1.29 is 4.79 Å². The molecule has 0 saturated heterocycles. The molecule has 19 heavy (non-hydrogen) atoms. The molecule has 1 atom stereocenters. The van der Waals surface area contributed by atoms with Gasteiger partial charge in [0.05, 0.1) is 11.7 Å². The second-order valence-electron chi connectivity index (χ2n) is 4.31. The molecule has 0 saturated carbocycles. The third kappa shape index (κ3) is 3.34. The molecule has 5 nitrogen and oxygen atoms in total. The third-order valence-corrected chi connectivity index (χ3v) is 2.86. The molecule has 5 heteroatoms. The van der Waals surface area contributed by atoms with Crippen LogP contribution in [0.1, 0.15) is 35.9 Å². The van der Waals surface area contributed by atoms with Crippen LogP contribution in [-0.2, 0) is 0 Å². The normalized spacial score (nSPS) is 11.9. The summed E-state index contributed by atoms with van der Waals surface area (Å²) in [5, 5.41) is 13.0. The Balaban J connectivity index is 2.01. The monoisotopic (exact) mass is 258 g/mol. The number of aromatic amines is 1. The highest BCUT2D eigenvalue weighted by atomic mass is 16.1. The number of hydrogen-bond acceptors (Lipinski definition) is 3. The summed E-state index contributed by atoms with van der Waals surface area (Å²) in [6.45, 7) is 4.58. The number of hydrogen-bond donors (Lipinski definition) is 3. The molecule has 1 aromatic heterocycles. The summed E-state index contributed by atoms with van der Waals surface area (Å²) in [4.78, 5) is 11.6. The second kappa shape index (κ2) is 6.04. The standard InChI is InChI=1S/C14H18N4O/c1-3-15-14(19)11-4-6-12(7-5-11)17-10(2)13-8-9-16-18-13/h4-10,17H,3H2,1-2H3,(H,15,19)(H,16,18). The van der Waals surface area contributed by atoms with E-state index in [1.54, 1.807) is 6.20 Å². The molecule has 0 aliphatic carbocycles.